The highest BCUT2D eigenvalue weighted by Crippen LogP contribution is 2.28. The lowest BCUT2D eigenvalue weighted by atomic mass is 10.0. The van der Waals surface area contributed by atoms with E-state index in [4.69, 9.17) is 15.2 Å². The van der Waals surface area contributed by atoms with Gasteiger partial charge in [-0.1, -0.05) is 0 Å². The molecule has 2 aromatic carbocycles. The molecule has 0 radical (unpaired) electrons. The third kappa shape index (κ3) is 2.74. The zero-order valence-electron chi connectivity index (χ0n) is 11.8. The number of anilines is 1. The van der Waals surface area contributed by atoms with Gasteiger partial charge in [0.1, 0.15) is 0 Å². The Labute approximate surface area is 118 Å². The van der Waals surface area contributed by atoms with Gasteiger partial charge >= 0.3 is 0 Å². The molecule has 0 saturated carbocycles. The molecule has 4 nitrogen and oxygen atoms in total. The minimum absolute atomic E-state index is 0.0960. The van der Waals surface area contributed by atoms with E-state index >= 15 is 0 Å². The summed E-state index contributed by atoms with van der Waals surface area (Å²) in [5.74, 6) is 1.02. The second kappa shape index (κ2) is 5.65. The maximum atomic E-state index is 12.5. The van der Waals surface area contributed by atoms with E-state index in [1.54, 1.807) is 31.4 Å². The van der Waals surface area contributed by atoms with E-state index < -0.39 is 0 Å². The number of carbonyl (C=O) groups excluding carboxylic acids is 1. The van der Waals surface area contributed by atoms with Gasteiger partial charge in [-0.3, -0.25) is 4.79 Å². The second-order valence-electron chi connectivity index (χ2n) is 4.53. The number of rotatable bonds is 4. The van der Waals surface area contributed by atoms with Crippen molar-refractivity contribution in [3.05, 3.63) is 53.1 Å². The standard InChI is InChI=1S/C16H17NO3/c1-10-6-12(8-13(17)7-10)16(18)11-4-5-14(19-2)15(9-11)20-3/h4-9H,17H2,1-3H3. The Hall–Kier alpha value is -2.49. The van der Waals surface area contributed by atoms with Gasteiger partial charge in [0.2, 0.25) is 0 Å². The van der Waals surface area contributed by atoms with Crippen molar-refractivity contribution in [2.75, 3.05) is 20.0 Å². The molecule has 104 valence electrons. The minimum atomic E-state index is -0.0960. The molecule has 0 aliphatic rings. The van der Waals surface area contributed by atoms with Crippen LogP contribution in [0.4, 0.5) is 5.69 Å². The molecule has 20 heavy (non-hydrogen) atoms. The first-order chi connectivity index (χ1) is 9.55. The van der Waals surface area contributed by atoms with Gasteiger partial charge in [0.25, 0.3) is 0 Å². The van der Waals surface area contributed by atoms with Crippen molar-refractivity contribution >= 4 is 11.5 Å². The van der Waals surface area contributed by atoms with Crippen LogP contribution in [-0.2, 0) is 0 Å². The van der Waals surface area contributed by atoms with Gasteiger partial charge in [0.05, 0.1) is 14.2 Å². The predicted molar refractivity (Wildman–Crippen MR) is 78.6 cm³/mol. The molecule has 2 N–H and O–H groups in total. The highest BCUT2D eigenvalue weighted by atomic mass is 16.5. The molecule has 0 atom stereocenters. The fourth-order valence-corrected chi connectivity index (χ4v) is 2.09. The molecule has 0 aliphatic heterocycles. The number of hydrogen-bond acceptors (Lipinski definition) is 4. The zero-order valence-corrected chi connectivity index (χ0v) is 11.8. The maximum Gasteiger partial charge on any atom is 0.193 e. The van der Waals surface area contributed by atoms with Gasteiger partial charge in [-0.2, -0.15) is 0 Å². The summed E-state index contributed by atoms with van der Waals surface area (Å²) < 4.78 is 10.4. The van der Waals surface area contributed by atoms with E-state index in [-0.39, 0.29) is 5.78 Å². The van der Waals surface area contributed by atoms with E-state index in [1.165, 1.54) is 7.11 Å². The Morgan fingerprint density at radius 3 is 2.25 bits per heavy atom. The Bertz CT molecular complexity index is 630. The van der Waals surface area contributed by atoms with Crippen LogP contribution in [0.15, 0.2) is 36.4 Å². The summed E-state index contributed by atoms with van der Waals surface area (Å²) in [5, 5.41) is 0. The van der Waals surface area contributed by atoms with Gasteiger partial charge < -0.3 is 15.2 Å². The second-order valence-corrected chi connectivity index (χ2v) is 4.53. The van der Waals surface area contributed by atoms with Gasteiger partial charge in [-0.15, -0.1) is 0 Å². The minimum Gasteiger partial charge on any atom is -0.493 e. The lowest BCUT2D eigenvalue weighted by Gasteiger charge is -2.09. The van der Waals surface area contributed by atoms with Crippen LogP contribution in [0.5, 0.6) is 11.5 Å². The molecular formula is C16H17NO3. The van der Waals surface area contributed by atoms with Crippen molar-refractivity contribution in [3.8, 4) is 11.5 Å². The van der Waals surface area contributed by atoms with Crippen molar-refractivity contribution in [2.24, 2.45) is 0 Å². The van der Waals surface area contributed by atoms with Crippen molar-refractivity contribution in [1.82, 2.24) is 0 Å². The van der Waals surface area contributed by atoms with E-state index in [9.17, 15) is 4.79 Å². The van der Waals surface area contributed by atoms with Crippen LogP contribution in [-0.4, -0.2) is 20.0 Å². The van der Waals surface area contributed by atoms with Crippen LogP contribution in [0, 0.1) is 6.92 Å². The largest absolute Gasteiger partial charge is 0.493 e. The van der Waals surface area contributed by atoms with Crippen molar-refractivity contribution in [1.29, 1.82) is 0 Å². The fourth-order valence-electron chi connectivity index (χ4n) is 2.09. The van der Waals surface area contributed by atoms with E-state index in [0.717, 1.165) is 5.56 Å². The highest BCUT2D eigenvalue weighted by molar-refractivity contribution is 6.09. The van der Waals surface area contributed by atoms with Crippen LogP contribution in [0.2, 0.25) is 0 Å². The number of aryl methyl sites for hydroxylation is 1. The average molecular weight is 271 g/mol. The number of methoxy groups -OCH3 is 2. The Kier molecular flexibility index (Phi) is 3.94. The fraction of sp³-hybridized carbons (Fsp3) is 0.188. The Balaban J connectivity index is 2.42. The molecule has 2 rings (SSSR count). The molecule has 0 fully saturated rings. The molecule has 0 spiro atoms. The Morgan fingerprint density at radius 2 is 1.65 bits per heavy atom. The van der Waals surface area contributed by atoms with Gasteiger partial charge in [0, 0.05) is 16.8 Å². The van der Waals surface area contributed by atoms with Crippen LogP contribution < -0.4 is 15.2 Å². The maximum absolute atomic E-state index is 12.5. The van der Waals surface area contributed by atoms with E-state index in [1.807, 2.05) is 19.1 Å². The van der Waals surface area contributed by atoms with Gasteiger partial charge in [-0.05, 0) is 48.9 Å². The van der Waals surface area contributed by atoms with Gasteiger partial charge in [-0.25, -0.2) is 0 Å². The number of hydrogen-bond donors (Lipinski definition) is 1. The van der Waals surface area contributed by atoms with Crippen LogP contribution in [0.3, 0.4) is 0 Å². The molecule has 0 amide bonds. The topological polar surface area (TPSA) is 61.5 Å². The lowest BCUT2D eigenvalue weighted by molar-refractivity contribution is 0.103. The molecule has 0 aromatic heterocycles. The molecule has 0 saturated heterocycles. The number of carbonyl (C=O) groups is 1. The number of nitrogens with two attached hydrogens (primary N) is 1. The lowest BCUT2D eigenvalue weighted by Crippen LogP contribution is -2.04. The number of ketones is 1. The van der Waals surface area contributed by atoms with Crippen molar-refractivity contribution < 1.29 is 14.3 Å². The summed E-state index contributed by atoms with van der Waals surface area (Å²) >= 11 is 0. The number of ether oxygens (including phenoxy) is 2. The summed E-state index contributed by atoms with van der Waals surface area (Å²) in [6.07, 6.45) is 0. The monoisotopic (exact) mass is 271 g/mol. The first-order valence-corrected chi connectivity index (χ1v) is 6.19. The molecule has 2 aromatic rings. The summed E-state index contributed by atoms with van der Waals surface area (Å²) in [7, 11) is 3.09. The van der Waals surface area contributed by atoms with Crippen LogP contribution in [0.1, 0.15) is 21.5 Å². The number of nitrogen functional groups attached to an aromatic ring is 1. The molecular weight excluding hydrogens is 254 g/mol. The molecule has 0 bridgehead atoms. The predicted octanol–water partition coefficient (Wildman–Crippen LogP) is 2.83. The summed E-state index contributed by atoms with van der Waals surface area (Å²) in [5.41, 5.74) is 8.41. The van der Waals surface area contributed by atoms with E-state index in [0.29, 0.717) is 28.3 Å². The normalized spacial score (nSPS) is 10.2. The molecule has 4 heteroatoms. The zero-order chi connectivity index (χ0) is 14.7. The molecule has 0 unspecified atom stereocenters. The van der Waals surface area contributed by atoms with Crippen molar-refractivity contribution in [3.63, 3.8) is 0 Å². The average Bonchev–Trinajstić information content (AvgIpc) is 2.44. The van der Waals surface area contributed by atoms with Gasteiger partial charge in [0.15, 0.2) is 17.3 Å². The summed E-state index contributed by atoms with van der Waals surface area (Å²) in [6.45, 7) is 1.90. The number of benzene rings is 2. The third-order valence-corrected chi connectivity index (χ3v) is 3.01. The quantitative estimate of drug-likeness (QED) is 0.686. The van der Waals surface area contributed by atoms with Crippen molar-refractivity contribution in [2.45, 2.75) is 6.92 Å². The first-order valence-electron chi connectivity index (χ1n) is 6.19. The highest BCUT2D eigenvalue weighted by Gasteiger charge is 2.13. The SMILES string of the molecule is COc1ccc(C(=O)c2cc(C)cc(N)c2)cc1OC. The van der Waals surface area contributed by atoms with Crippen LogP contribution in [0.25, 0.3) is 0 Å². The third-order valence-electron chi connectivity index (χ3n) is 3.01. The summed E-state index contributed by atoms with van der Waals surface area (Å²) in [6, 6.07) is 10.4. The van der Waals surface area contributed by atoms with Crippen LogP contribution >= 0.6 is 0 Å². The smallest absolute Gasteiger partial charge is 0.193 e. The van der Waals surface area contributed by atoms with E-state index in [2.05, 4.69) is 0 Å². The summed E-state index contributed by atoms with van der Waals surface area (Å²) in [4.78, 5) is 12.5. The molecule has 0 aliphatic carbocycles. The Morgan fingerprint density at radius 1 is 0.950 bits per heavy atom. The molecule has 0 heterocycles. The first kappa shape index (κ1) is 13.9.